The monoisotopic (exact) mass is 303 g/mol. The molecule has 0 aliphatic heterocycles. The fourth-order valence-electron chi connectivity index (χ4n) is 1.80. The third kappa shape index (κ3) is 4.05. The van der Waals surface area contributed by atoms with Crippen LogP contribution in [0.15, 0.2) is 28.8 Å². The molecule has 2 amide bonds. The molecule has 118 valence electrons. The molecule has 2 rings (SSSR count). The average Bonchev–Trinajstić information content (AvgIpc) is 2.95. The number of carbonyl (C=O) groups is 1. The lowest BCUT2D eigenvalue weighted by atomic mass is 10.2. The zero-order valence-electron chi connectivity index (χ0n) is 13.3. The van der Waals surface area contributed by atoms with Gasteiger partial charge in [0.15, 0.2) is 5.82 Å². The molecule has 0 aliphatic rings. The molecule has 22 heavy (non-hydrogen) atoms. The normalized spacial score (nSPS) is 12.0. The maximum atomic E-state index is 11.7. The molecular formula is C15H21N5O2. The Morgan fingerprint density at radius 1 is 1.41 bits per heavy atom. The number of rotatable bonds is 5. The van der Waals surface area contributed by atoms with E-state index in [4.69, 9.17) is 4.52 Å². The first kappa shape index (κ1) is 16.0. The maximum Gasteiger partial charge on any atom is 0.321 e. The summed E-state index contributed by atoms with van der Waals surface area (Å²) in [5, 5.41) is 9.89. The van der Waals surface area contributed by atoms with Crippen molar-refractivity contribution in [3.8, 4) is 11.5 Å². The number of benzene rings is 1. The highest BCUT2D eigenvalue weighted by Crippen LogP contribution is 2.21. The summed E-state index contributed by atoms with van der Waals surface area (Å²) >= 11 is 0. The first-order chi connectivity index (χ1) is 10.5. The van der Waals surface area contributed by atoms with Gasteiger partial charge in [-0.25, -0.2) is 4.79 Å². The van der Waals surface area contributed by atoms with Crippen molar-refractivity contribution in [2.75, 3.05) is 26.5 Å². The van der Waals surface area contributed by atoms with Crippen molar-refractivity contribution in [3.63, 3.8) is 0 Å². The van der Waals surface area contributed by atoms with Gasteiger partial charge in [-0.3, -0.25) is 0 Å². The molecule has 1 unspecified atom stereocenters. The number of aromatic nitrogens is 2. The fraction of sp³-hybridized carbons (Fsp3) is 0.400. The number of anilines is 1. The molecule has 0 saturated heterocycles. The molecule has 2 aromatic rings. The minimum atomic E-state index is -0.189. The lowest BCUT2D eigenvalue weighted by Gasteiger charge is -2.12. The van der Waals surface area contributed by atoms with Crippen LogP contribution in [-0.2, 0) is 6.42 Å². The van der Waals surface area contributed by atoms with Gasteiger partial charge >= 0.3 is 6.03 Å². The number of likely N-dealkylation sites (N-methyl/N-ethyl adjacent to an activating group) is 1. The molecule has 0 aliphatic carbocycles. The van der Waals surface area contributed by atoms with E-state index in [2.05, 4.69) is 20.8 Å². The van der Waals surface area contributed by atoms with Crippen LogP contribution in [0.5, 0.6) is 0 Å². The highest BCUT2D eigenvalue weighted by Gasteiger charge is 2.12. The average molecular weight is 303 g/mol. The van der Waals surface area contributed by atoms with Gasteiger partial charge in [0.1, 0.15) is 0 Å². The smallest absolute Gasteiger partial charge is 0.321 e. The zero-order chi connectivity index (χ0) is 16.1. The van der Waals surface area contributed by atoms with Gasteiger partial charge in [0.25, 0.3) is 5.89 Å². The number of urea groups is 1. The number of nitrogens with zero attached hydrogens (tertiary/aromatic N) is 3. The number of carbonyl (C=O) groups excluding carboxylic acids is 1. The second kappa shape index (κ2) is 7.04. The Morgan fingerprint density at radius 3 is 2.86 bits per heavy atom. The van der Waals surface area contributed by atoms with E-state index in [1.165, 1.54) is 4.90 Å². The van der Waals surface area contributed by atoms with Crippen molar-refractivity contribution in [2.45, 2.75) is 19.4 Å². The molecule has 2 N–H and O–H groups in total. The Hall–Kier alpha value is -2.41. The van der Waals surface area contributed by atoms with Gasteiger partial charge < -0.3 is 20.1 Å². The molecule has 0 saturated carbocycles. The second-order valence-electron chi connectivity index (χ2n) is 5.31. The van der Waals surface area contributed by atoms with E-state index in [-0.39, 0.29) is 12.1 Å². The quantitative estimate of drug-likeness (QED) is 0.882. The minimum Gasteiger partial charge on any atom is -0.334 e. The SMILES string of the molecule is CNC(C)Cc1noc(-c2cccc(NC(=O)N(C)C)c2)n1. The van der Waals surface area contributed by atoms with Crippen molar-refractivity contribution in [1.82, 2.24) is 20.4 Å². The molecule has 0 spiro atoms. The van der Waals surface area contributed by atoms with Crippen molar-refractivity contribution >= 4 is 11.7 Å². The summed E-state index contributed by atoms with van der Waals surface area (Å²) in [5.41, 5.74) is 1.45. The van der Waals surface area contributed by atoms with Crippen LogP contribution in [0.2, 0.25) is 0 Å². The Kier molecular flexibility index (Phi) is 5.11. The van der Waals surface area contributed by atoms with Gasteiger partial charge in [0.2, 0.25) is 0 Å². The summed E-state index contributed by atoms with van der Waals surface area (Å²) in [6.45, 7) is 2.05. The van der Waals surface area contributed by atoms with Gasteiger partial charge in [-0.2, -0.15) is 4.98 Å². The third-order valence-corrected chi connectivity index (χ3v) is 3.22. The zero-order valence-corrected chi connectivity index (χ0v) is 13.3. The second-order valence-corrected chi connectivity index (χ2v) is 5.31. The largest absolute Gasteiger partial charge is 0.334 e. The van der Waals surface area contributed by atoms with Crippen LogP contribution < -0.4 is 10.6 Å². The first-order valence-corrected chi connectivity index (χ1v) is 7.08. The van der Waals surface area contributed by atoms with Gasteiger partial charge in [-0.1, -0.05) is 11.2 Å². The molecule has 1 heterocycles. The fourth-order valence-corrected chi connectivity index (χ4v) is 1.80. The van der Waals surface area contributed by atoms with Crippen LogP contribution in [-0.4, -0.2) is 48.3 Å². The van der Waals surface area contributed by atoms with Crippen LogP contribution in [0.1, 0.15) is 12.7 Å². The summed E-state index contributed by atoms with van der Waals surface area (Å²) in [5.74, 6) is 1.10. The molecule has 7 nitrogen and oxygen atoms in total. The Bertz CT molecular complexity index is 638. The van der Waals surface area contributed by atoms with Crippen molar-refractivity contribution in [1.29, 1.82) is 0 Å². The predicted molar refractivity (Wildman–Crippen MR) is 84.7 cm³/mol. The predicted octanol–water partition coefficient (Wildman–Crippen LogP) is 1.98. The lowest BCUT2D eigenvalue weighted by Crippen LogP contribution is -2.27. The number of amides is 2. The van der Waals surface area contributed by atoms with E-state index in [0.29, 0.717) is 23.8 Å². The van der Waals surface area contributed by atoms with E-state index >= 15 is 0 Å². The first-order valence-electron chi connectivity index (χ1n) is 7.08. The van der Waals surface area contributed by atoms with Gasteiger partial charge in [0.05, 0.1) is 0 Å². The third-order valence-electron chi connectivity index (χ3n) is 3.22. The summed E-state index contributed by atoms with van der Waals surface area (Å²) in [6, 6.07) is 7.40. The number of nitrogens with one attached hydrogen (secondary N) is 2. The van der Waals surface area contributed by atoms with Crippen LogP contribution in [0, 0.1) is 0 Å². The molecule has 0 radical (unpaired) electrons. The van der Waals surface area contributed by atoms with Crippen LogP contribution in [0.3, 0.4) is 0 Å². The van der Waals surface area contributed by atoms with Gasteiger partial charge in [-0.05, 0) is 32.2 Å². The maximum absolute atomic E-state index is 11.7. The summed E-state index contributed by atoms with van der Waals surface area (Å²) < 4.78 is 5.29. The van der Waals surface area contributed by atoms with E-state index in [0.717, 1.165) is 5.56 Å². The van der Waals surface area contributed by atoms with Gasteiger partial charge in [0, 0.05) is 37.8 Å². The molecule has 1 aromatic heterocycles. The van der Waals surface area contributed by atoms with E-state index in [1.54, 1.807) is 20.2 Å². The molecular weight excluding hydrogens is 282 g/mol. The van der Waals surface area contributed by atoms with Crippen molar-refractivity contribution < 1.29 is 9.32 Å². The summed E-state index contributed by atoms with van der Waals surface area (Å²) in [4.78, 5) is 17.5. The van der Waals surface area contributed by atoms with E-state index < -0.39 is 0 Å². The minimum absolute atomic E-state index is 0.189. The van der Waals surface area contributed by atoms with Crippen molar-refractivity contribution in [3.05, 3.63) is 30.1 Å². The highest BCUT2D eigenvalue weighted by atomic mass is 16.5. The Morgan fingerprint density at radius 2 is 2.18 bits per heavy atom. The summed E-state index contributed by atoms with van der Waals surface area (Å²) in [7, 11) is 5.27. The van der Waals surface area contributed by atoms with E-state index in [1.807, 2.05) is 32.2 Å². The molecule has 1 atom stereocenters. The lowest BCUT2D eigenvalue weighted by molar-refractivity contribution is 0.230. The van der Waals surface area contributed by atoms with Crippen LogP contribution in [0.25, 0.3) is 11.5 Å². The molecule has 7 heteroatoms. The molecule has 1 aromatic carbocycles. The topological polar surface area (TPSA) is 83.3 Å². The van der Waals surface area contributed by atoms with Gasteiger partial charge in [-0.15, -0.1) is 0 Å². The Labute approximate surface area is 129 Å². The Balaban J connectivity index is 2.14. The number of hydrogen-bond donors (Lipinski definition) is 2. The van der Waals surface area contributed by atoms with E-state index in [9.17, 15) is 4.79 Å². The number of hydrogen-bond acceptors (Lipinski definition) is 5. The van der Waals surface area contributed by atoms with Crippen molar-refractivity contribution in [2.24, 2.45) is 0 Å². The molecule has 0 bridgehead atoms. The standard InChI is InChI=1S/C15H21N5O2/c1-10(16-2)8-13-18-14(22-19-13)11-6-5-7-12(9-11)17-15(21)20(3)4/h5-7,9-10,16H,8H2,1-4H3,(H,17,21). The highest BCUT2D eigenvalue weighted by molar-refractivity contribution is 5.89. The summed E-state index contributed by atoms with van der Waals surface area (Å²) in [6.07, 6.45) is 0.692. The molecule has 0 fully saturated rings. The van der Waals surface area contributed by atoms with Crippen LogP contribution in [0.4, 0.5) is 10.5 Å². The van der Waals surface area contributed by atoms with Crippen LogP contribution >= 0.6 is 0 Å².